The lowest BCUT2D eigenvalue weighted by Gasteiger charge is -2.32. The van der Waals surface area contributed by atoms with Crippen LogP contribution in [0.5, 0.6) is 0 Å². The van der Waals surface area contributed by atoms with Gasteiger partial charge in [0.25, 0.3) is 0 Å². The third-order valence-corrected chi connectivity index (χ3v) is 4.78. The van der Waals surface area contributed by atoms with Crippen LogP contribution >= 0.6 is 11.6 Å². The van der Waals surface area contributed by atoms with Crippen LogP contribution in [0.4, 0.5) is 0 Å². The summed E-state index contributed by atoms with van der Waals surface area (Å²) in [5.74, 6) is 1.34. The molecule has 1 saturated heterocycles. The number of nitrogens with one attached hydrogen (secondary N) is 1. The minimum Gasteiger partial charge on any atom is -0.377 e. The average Bonchev–Trinajstić information content (AvgIpc) is 2.87. The van der Waals surface area contributed by atoms with E-state index in [0.717, 1.165) is 32.3 Å². The van der Waals surface area contributed by atoms with Crippen LogP contribution in [0, 0.1) is 11.8 Å². The molecule has 3 nitrogen and oxygen atoms in total. The molecule has 0 aromatic rings. The maximum absolute atomic E-state index is 12.3. The fourth-order valence-corrected chi connectivity index (χ4v) is 3.59. The number of amides is 1. The van der Waals surface area contributed by atoms with E-state index >= 15 is 0 Å². The van der Waals surface area contributed by atoms with Crippen LogP contribution in [0.1, 0.15) is 45.4 Å². The quantitative estimate of drug-likeness (QED) is 0.800. The molecule has 0 aromatic heterocycles. The molecule has 2 aliphatic rings. The first-order chi connectivity index (χ1) is 8.76. The predicted molar refractivity (Wildman–Crippen MR) is 72.7 cm³/mol. The zero-order chi connectivity index (χ0) is 13.0. The Kier molecular flexibility index (Phi) is 5.31. The lowest BCUT2D eigenvalue weighted by molar-refractivity contribution is -0.128. The normalized spacial score (nSPS) is 36.6. The maximum atomic E-state index is 12.3. The molecule has 1 N–H and O–H groups in total. The van der Waals surface area contributed by atoms with Crippen molar-refractivity contribution in [2.45, 2.75) is 57.6 Å². The molecule has 18 heavy (non-hydrogen) atoms. The minimum absolute atomic E-state index is 0.0490. The van der Waals surface area contributed by atoms with E-state index in [4.69, 9.17) is 16.3 Å². The summed E-state index contributed by atoms with van der Waals surface area (Å²) in [4.78, 5) is 12.3. The summed E-state index contributed by atoms with van der Waals surface area (Å²) >= 11 is 6.00. The smallest absolute Gasteiger partial charge is 0.226 e. The number of carbonyl (C=O) groups is 1. The highest BCUT2D eigenvalue weighted by molar-refractivity contribution is 6.18. The third-order valence-electron chi connectivity index (χ3n) is 4.38. The molecule has 4 heteroatoms. The summed E-state index contributed by atoms with van der Waals surface area (Å²) in [6.45, 7) is 2.80. The van der Waals surface area contributed by atoms with Gasteiger partial charge in [0.05, 0.1) is 12.0 Å². The molecule has 1 aliphatic carbocycles. The molecule has 0 spiro atoms. The van der Waals surface area contributed by atoms with Crippen LogP contribution in [0.15, 0.2) is 0 Å². The van der Waals surface area contributed by atoms with Gasteiger partial charge in [-0.2, -0.15) is 0 Å². The van der Waals surface area contributed by atoms with Gasteiger partial charge in [-0.05, 0) is 31.6 Å². The Morgan fingerprint density at radius 1 is 1.33 bits per heavy atom. The standard InChI is InChI=1S/C14H24ClNO2/c1-2-13-11(7-8-18-13)14(17)16-12-6-4-3-5-10(12)9-15/h10-13H,2-9H2,1H3,(H,16,17). The van der Waals surface area contributed by atoms with Crippen molar-refractivity contribution in [3.63, 3.8) is 0 Å². The minimum atomic E-state index is 0.0490. The molecule has 4 unspecified atom stereocenters. The van der Waals surface area contributed by atoms with Gasteiger partial charge >= 0.3 is 0 Å². The van der Waals surface area contributed by atoms with Crippen LogP contribution < -0.4 is 5.32 Å². The van der Waals surface area contributed by atoms with E-state index in [2.05, 4.69) is 12.2 Å². The van der Waals surface area contributed by atoms with Crippen molar-refractivity contribution in [2.75, 3.05) is 12.5 Å². The van der Waals surface area contributed by atoms with Crippen LogP contribution in [-0.4, -0.2) is 30.5 Å². The monoisotopic (exact) mass is 273 g/mol. The van der Waals surface area contributed by atoms with Crippen molar-refractivity contribution in [1.82, 2.24) is 5.32 Å². The topological polar surface area (TPSA) is 38.3 Å². The van der Waals surface area contributed by atoms with E-state index < -0.39 is 0 Å². The van der Waals surface area contributed by atoms with Gasteiger partial charge in [-0.15, -0.1) is 11.6 Å². The van der Waals surface area contributed by atoms with Gasteiger partial charge in [0.1, 0.15) is 0 Å². The number of ether oxygens (including phenoxy) is 1. The number of halogens is 1. The van der Waals surface area contributed by atoms with Crippen LogP contribution in [0.2, 0.25) is 0 Å². The second kappa shape index (κ2) is 6.76. The number of hydrogen-bond donors (Lipinski definition) is 1. The summed E-state index contributed by atoms with van der Waals surface area (Å²) in [5.41, 5.74) is 0. The van der Waals surface area contributed by atoms with E-state index in [1.807, 2.05) is 0 Å². The van der Waals surface area contributed by atoms with Crippen LogP contribution in [0.25, 0.3) is 0 Å². The van der Waals surface area contributed by atoms with E-state index in [1.54, 1.807) is 0 Å². The molecule has 0 bridgehead atoms. The molecule has 104 valence electrons. The fraction of sp³-hybridized carbons (Fsp3) is 0.929. The number of alkyl halides is 1. The Hall–Kier alpha value is -0.280. The van der Waals surface area contributed by atoms with Crippen LogP contribution in [0.3, 0.4) is 0 Å². The van der Waals surface area contributed by atoms with E-state index in [0.29, 0.717) is 11.8 Å². The third kappa shape index (κ3) is 3.18. The summed E-state index contributed by atoms with van der Waals surface area (Å²) in [5, 5.41) is 3.22. The Labute approximate surface area is 115 Å². The van der Waals surface area contributed by atoms with Crippen molar-refractivity contribution >= 4 is 17.5 Å². The first-order valence-electron chi connectivity index (χ1n) is 7.24. The second-order valence-corrected chi connectivity index (χ2v) is 5.84. The summed E-state index contributed by atoms with van der Waals surface area (Å²) in [6, 6.07) is 0.279. The SMILES string of the molecule is CCC1OCCC1C(=O)NC1CCCCC1CCl. The van der Waals surface area contributed by atoms with Gasteiger partial charge in [-0.1, -0.05) is 19.8 Å². The Morgan fingerprint density at radius 3 is 2.83 bits per heavy atom. The molecule has 0 aromatic carbocycles. The van der Waals surface area contributed by atoms with E-state index in [1.165, 1.54) is 12.8 Å². The summed E-state index contributed by atoms with van der Waals surface area (Å²) in [7, 11) is 0. The maximum Gasteiger partial charge on any atom is 0.226 e. The lowest BCUT2D eigenvalue weighted by atomic mass is 9.85. The van der Waals surface area contributed by atoms with Crippen molar-refractivity contribution in [3.8, 4) is 0 Å². The van der Waals surface area contributed by atoms with Crippen LogP contribution in [-0.2, 0) is 9.53 Å². The Bertz CT molecular complexity index is 285. The lowest BCUT2D eigenvalue weighted by Crippen LogP contribution is -2.46. The molecular formula is C14H24ClNO2. The molecule has 1 amide bonds. The molecule has 1 heterocycles. The van der Waals surface area contributed by atoms with Crippen molar-refractivity contribution in [3.05, 3.63) is 0 Å². The summed E-state index contributed by atoms with van der Waals surface area (Å²) in [6.07, 6.45) is 6.57. The van der Waals surface area contributed by atoms with Gasteiger partial charge in [0.15, 0.2) is 0 Å². The van der Waals surface area contributed by atoms with Gasteiger partial charge < -0.3 is 10.1 Å². The van der Waals surface area contributed by atoms with Crippen molar-refractivity contribution < 1.29 is 9.53 Å². The highest BCUT2D eigenvalue weighted by atomic mass is 35.5. The molecule has 2 fully saturated rings. The van der Waals surface area contributed by atoms with Gasteiger partial charge in [-0.25, -0.2) is 0 Å². The average molecular weight is 274 g/mol. The van der Waals surface area contributed by atoms with Crippen molar-refractivity contribution in [2.24, 2.45) is 11.8 Å². The largest absolute Gasteiger partial charge is 0.377 e. The highest BCUT2D eigenvalue weighted by Gasteiger charge is 2.35. The molecule has 0 radical (unpaired) electrons. The molecule has 2 rings (SSSR count). The van der Waals surface area contributed by atoms with Crippen molar-refractivity contribution in [1.29, 1.82) is 0 Å². The first-order valence-corrected chi connectivity index (χ1v) is 7.77. The predicted octanol–water partition coefficient (Wildman–Crippen LogP) is 2.72. The Morgan fingerprint density at radius 2 is 2.11 bits per heavy atom. The number of hydrogen-bond acceptors (Lipinski definition) is 2. The van der Waals surface area contributed by atoms with Gasteiger partial charge in [0, 0.05) is 18.5 Å². The number of rotatable bonds is 4. The second-order valence-electron chi connectivity index (χ2n) is 5.53. The van der Waals surface area contributed by atoms with E-state index in [-0.39, 0.29) is 24.0 Å². The Balaban J connectivity index is 1.89. The van der Waals surface area contributed by atoms with E-state index in [9.17, 15) is 4.79 Å². The van der Waals surface area contributed by atoms with Gasteiger partial charge in [-0.3, -0.25) is 4.79 Å². The first kappa shape index (κ1) is 14.1. The number of carbonyl (C=O) groups excluding carboxylic acids is 1. The highest BCUT2D eigenvalue weighted by Crippen LogP contribution is 2.28. The fourth-order valence-electron chi connectivity index (χ4n) is 3.22. The molecule has 1 saturated carbocycles. The molecule has 4 atom stereocenters. The van der Waals surface area contributed by atoms with Gasteiger partial charge in [0.2, 0.25) is 5.91 Å². The zero-order valence-corrected chi connectivity index (χ0v) is 11.9. The summed E-state index contributed by atoms with van der Waals surface area (Å²) < 4.78 is 5.59. The molecular weight excluding hydrogens is 250 g/mol. The zero-order valence-electron chi connectivity index (χ0n) is 11.2. The molecule has 1 aliphatic heterocycles.